The van der Waals surface area contributed by atoms with Crippen molar-refractivity contribution in [1.82, 2.24) is 10.6 Å². The highest BCUT2D eigenvalue weighted by Crippen LogP contribution is 2.13. The number of amides is 4. The van der Waals surface area contributed by atoms with Crippen molar-refractivity contribution < 1.29 is 14.4 Å². The van der Waals surface area contributed by atoms with Crippen molar-refractivity contribution in [2.45, 2.75) is 6.42 Å². The quantitative estimate of drug-likeness (QED) is 0.332. The van der Waals surface area contributed by atoms with Crippen molar-refractivity contribution in [2.24, 2.45) is 11.7 Å². The van der Waals surface area contributed by atoms with E-state index in [1.807, 2.05) is 10.6 Å². The van der Waals surface area contributed by atoms with Crippen molar-refractivity contribution in [1.29, 1.82) is 5.41 Å². The molecule has 1 aromatic carbocycles. The van der Waals surface area contributed by atoms with Gasteiger partial charge in [-0.1, -0.05) is 24.3 Å². The maximum absolute atomic E-state index is 11.5. The Balaban J connectivity index is 2.12. The van der Waals surface area contributed by atoms with Gasteiger partial charge in [0, 0.05) is 5.56 Å². The normalized spacial score (nSPS) is 15.9. The number of barbiturate groups is 1. The van der Waals surface area contributed by atoms with Crippen molar-refractivity contribution in [3.05, 3.63) is 35.4 Å². The van der Waals surface area contributed by atoms with Gasteiger partial charge in [-0.05, 0) is 12.0 Å². The zero-order chi connectivity index (χ0) is 14.0. The molecule has 5 N–H and O–H groups in total. The van der Waals surface area contributed by atoms with Gasteiger partial charge in [-0.25, -0.2) is 4.79 Å². The smallest absolute Gasteiger partial charge is 0.328 e. The fourth-order valence-corrected chi connectivity index (χ4v) is 1.79. The predicted molar refractivity (Wildman–Crippen MR) is 66.3 cm³/mol. The lowest BCUT2D eigenvalue weighted by Crippen LogP contribution is -2.56. The Morgan fingerprint density at radius 2 is 1.63 bits per heavy atom. The maximum atomic E-state index is 11.5. The number of urea groups is 1. The van der Waals surface area contributed by atoms with E-state index < -0.39 is 23.8 Å². The van der Waals surface area contributed by atoms with Crippen LogP contribution in [-0.4, -0.2) is 23.7 Å². The molecule has 1 aliphatic rings. The molecule has 0 radical (unpaired) electrons. The van der Waals surface area contributed by atoms with Crippen LogP contribution in [0.2, 0.25) is 0 Å². The SMILES string of the molecule is N=C(N)c1ccc(CC2C(=O)NC(=O)NC2=O)cc1. The van der Waals surface area contributed by atoms with Gasteiger partial charge in [-0.3, -0.25) is 25.6 Å². The average Bonchev–Trinajstić information content (AvgIpc) is 2.34. The molecule has 1 fully saturated rings. The molecule has 1 aromatic rings. The van der Waals surface area contributed by atoms with E-state index >= 15 is 0 Å². The van der Waals surface area contributed by atoms with E-state index in [2.05, 4.69) is 0 Å². The van der Waals surface area contributed by atoms with Crippen molar-refractivity contribution in [2.75, 3.05) is 0 Å². The second-order valence-corrected chi connectivity index (χ2v) is 4.17. The Bertz CT molecular complexity index is 545. The molecule has 0 bridgehead atoms. The molecule has 7 nitrogen and oxygen atoms in total. The van der Waals surface area contributed by atoms with Gasteiger partial charge in [-0.2, -0.15) is 0 Å². The third-order valence-corrected chi connectivity index (χ3v) is 2.81. The van der Waals surface area contributed by atoms with Crippen LogP contribution < -0.4 is 16.4 Å². The molecule has 0 aliphatic carbocycles. The van der Waals surface area contributed by atoms with Crippen LogP contribution in [0.15, 0.2) is 24.3 Å². The second-order valence-electron chi connectivity index (χ2n) is 4.17. The van der Waals surface area contributed by atoms with E-state index in [0.717, 1.165) is 5.56 Å². The summed E-state index contributed by atoms with van der Waals surface area (Å²) < 4.78 is 0. The Hall–Kier alpha value is -2.70. The van der Waals surface area contributed by atoms with Crippen LogP contribution in [-0.2, 0) is 16.0 Å². The summed E-state index contributed by atoms with van der Waals surface area (Å²) in [6.45, 7) is 0. The van der Waals surface area contributed by atoms with Crippen LogP contribution in [0.5, 0.6) is 0 Å². The number of rotatable bonds is 3. The minimum Gasteiger partial charge on any atom is -0.384 e. The summed E-state index contributed by atoms with van der Waals surface area (Å²) in [5.74, 6) is -2.19. The average molecular weight is 260 g/mol. The molecule has 4 amide bonds. The van der Waals surface area contributed by atoms with E-state index in [0.29, 0.717) is 5.56 Å². The number of carbonyl (C=O) groups excluding carboxylic acids is 3. The van der Waals surface area contributed by atoms with Gasteiger partial charge in [0.1, 0.15) is 11.8 Å². The fraction of sp³-hybridized carbons (Fsp3) is 0.167. The van der Waals surface area contributed by atoms with Gasteiger partial charge in [0.25, 0.3) is 0 Å². The number of amidine groups is 1. The summed E-state index contributed by atoms with van der Waals surface area (Å²) in [5, 5.41) is 11.3. The van der Waals surface area contributed by atoms with Crippen LogP contribution in [0.3, 0.4) is 0 Å². The molecular formula is C12H12N4O3. The summed E-state index contributed by atoms with van der Waals surface area (Å²) in [7, 11) is 0. The maximum Gasteiger partial charge on any atom is 0.328 e. The van der Waals surface area contributed by atoms with Gasteiger partial charge in [0.2, 0.25) is 11.8 Å². The summed E-state index contributed by atoms with van der Waals surface area (Å²) in [6, 6.07) is 5.86. The largest absolute Gasteiger partial charge is 0.384 e. The number of hydrogen-bond donors (Lipinski definition) is 4. The van der Waals surface area contributed by atoms with Crippen LogP contribution in [0.1, 0.15) is 11.1 Å². The van der Waals surface area contributed by atoms with E-state index in [1.165, 1.54) is 0 Å². The van der Waals surface area contributed by atoms with Crippen molar-refractivity contribution in [3.8, 4) is 0 Å². The molecule has 0 saturated carbocycles. The van der Waals surface area contributed by atoms with Crippen molar-refractivity contribution in [3.63, 3.8) is 0 Å². The van der Waals surface area contributed by atoms with E-state index in [1.54, 1.807) is 24.3 Å². The summed E-state index contributed by atoms with van der Waals surface area (Å²) in [6.07, 6.45) is 0.184. The second kappa shape index (κ2) is 4.89. The molecule has 1 aliphatic heterocycles. The van der Waals surface area contributed by atoms with Crippen molar-refractivity contribution >= 4 is 23.7 Å². The number of nitrogens with two attached hydrogens (primary N) is 1. The summed E-state index contributed by atoms with van der Waals surface area (Å²) >= 11 is 0. The first kappa shape index (κ1) is 12.7. The summed E-state index contributed by atoms with van der Waals surface area (Å²) in [4.78, 5) is 34.0. The third-order valence-electron chi connectivity index (χ3n) is 2.81. The molecule has 0 aromatic heterocycles. The first-order chi connectivity index (χ1) is 8.97. The zero-order valence-electron chi connectivity index (χ0n) is 9.90. The topological polar surface area (TPSA) is 125 Å². The Morgan fingerprint density at radius 1 is 1.11 bits per heavy atom. The molecule has 19 heavy (non-hydrogen) atoms. The molecule has 1 saturated heterocycles. The van der Waals surface area contributed by atoms with Gasteiger partial charge >= 0.3 is 6.03 Å². The van der Waals surface area contributed by atoms with Gasteiger partial charge < -0.3 is 5.73 Å². The van der Waals surface area contributed by atoms with Gasteiger partial charge in [0.15, 0.2) is 0 Å². The standard InChI is InChI=1S/C12H12N4O3/c13-9(14)7-3-1-6(2-4-7)5-8-10(17)15-12(19)16-11(8)18/h1-4,8H,5H2,(H3,13,14)(H2,15,16,17,18,19). The molecule has 2 rings (SSSR count). The molecule has 0 spiro atoms. The van der Waals surface area contributed by atoms with Crippen LogP contribution in [0, 0.1) is 11.3 Å². The minimum absolute atomic E-state index is 0.0506. The first-order valence-electron chi connectivity index (χ1n) is 5.56. The van der Waals surface area contributed by atoms with Crippen LogP contribution >= 0.6 is 0 Å². The number of imide groups is 2. The number of nitrogen functional groups attached to an aromatic ring is 1. The first-order valence-corrected chi connectivity index (χ1v) is 5.56. The van der Waals surface area contributed by atoms with Crippen LogP contribution in [0.4, 0.5) is 4.79 Å². The highest BCUT2D eigenvalue weighted by molar-refractivity contribution is 6.16. The third kappa shape index (κ3) is 2.76. The number of carbonyl (C=O) groups is 3. The number of benzene rings is 1. The fourth-order valence-electron chi connectivity index (χ4n) is 1.79. The van der Waals surface area contributed by atoms with Gasteiger partial charge in [0.05, 0.1) is 0 Å². The molecule has 98 valence electrons. The lowest BCUT2D eigenvalue weighted by Gasteiger charge is -2.20. The van der Waals surface area contributed by atoms with Crippen LogP contribution in [0.25, 0.3) is 0 Å². The Morgan fingerprint density at radius 3 is 2.11 bits per heavy atom. The lowest BCUT2D eigenvalue weighted by atomic mass is 9.96. The van der Waals surface area contributed by atoms with E-state index in [9.17, 15) is 14.4 Å². The number of hydrogen-bond acceptors (Lipinski definition) is 4. The molecular weight excluding hydrogens is 248 g/mol. The molecule has 7 heteroatoms. The predicted octanol–water partition coefficient (Wildman–Crippen LogP) is -0.505. The molecule has 0 unspecified atom stereocenters. The van der Waals surface area contributed by atoms with E-state index in [-0.39, 0.29) is 12.3 Å². The lowest BCUT2D eigenvalue weighted by molar-refractivity contribution is -0.135. The highest BCUT2D eigenvalue weighted by atomic mass is 16.2. The Kier molecular flexibility index (Phi) is 3.28. The molecule has 0 atom stereocenters. The zero-order valence-corrected chi connectivity index (χ0v) is 9.90. The molecule has 1 heterocycles. The Labute approximate surface area is 108 Å². The summed E-state index contributed by atoms with van der Waals surface area (Å²) in [5.41, 5.74) is 6.64. The highest BCUT2D eigenvalue weighted by Gasteiger charge is 2.33. The number of nitrogens with one attached hydrogen (secondary N) is 3. The van der Waals surface area contributed by atoms with Gasteiger partial charge in [-0.15, -0.1) is 0 Å². The van der Waals surface area contributed by atoms with E-state index in [4.69, 9.17) is 11.1 Å². The monoisotopic (exact) mass is 260 g/mol. The minimum atomic E-state index is -0.930.